The summed E-state index contributed by atoms with van der Waals surface area (Å²) in [7, 11) is 1.64. The number of aromatic nitrogens is 1. The number of nitrogens with two attached hydrogens (primary N) is 1. The van der Waals surface area contributed by atoms with Crippen LogP contribution in [0.2, 0.25) is 0 Å². The molecular formula is C13H14N2O2. The maximum atomic E-state index is 5.63. The summed E-state index contributed by atoms with van der Waals surface area (Å²) < 4.78 is 10.6. The van der Waals surface area contributed by atoms with Gasteiger partial charge in [-0.15, -0.1) is 0 Å². The van der Waals surface area contributed by atoms with E-state index in [1.807, 2.05) is 24.3 Å². The highest BCUT2D eigenvalue weighted by Gasteiger charge is 1.98. The van der Waals surface area contributed by atoms with Crippen molar-refractivity contribution < 1.29 is 9.47 Å². The number of nitrogens with zero attached hydrogens (tertiary/aromatic N) is 1. The van der Waals surface area contributed by atoms with E-state index in [2.05, 4.69) is 4.98 Å². The lowest BCUT2D eigenvalue weighted by Crippen LogP contribution is -1.98. The normalized spacial score (nSPS) is 9.94. The zero-order valence-corrected chi connectivity index (χ0v) is 9.59. The minimum absolute atomic E-state index is 0.459. The van der Waals surface area contributed by atoms with E-state index in [0.717, 1.165) is 11.3 Å². The molecule has 0 fully saturated rings. The van der Waals surface area contributed by atoms with Gasteiger partial charge in [-0.2, -0.15) is 0 Å². The fourth-order valence-electron chi connectivity index (χ4n) is 1.38. The van der Waals surface area contributed by atoms with E-state index in [-0.39, 0.29) is 0 Å². The molecule has 0 aliphatic heterocycles. The molecule has 2 N–H and O–H groups in total. The number of anilines is 1. The van der Waals surface area contributed by atoms with Crippen molar-refractivity contribution in [2.75, 3.05) is 12.8 Å². The van der Waals surface area contributed by atoms with Crippen LogP contribution in [0.4, 0.5) is 5.69 Å². The third-order valence-electron chi connectivity index (χ3n) is 2.30. The molecule has 2 rings (SSSR count). The number of ether oxygens (including phenoxy) is 2. The standard InChI is InChI=1S/C13H14N2O2/c1-16-12-4-2-10(3-5-12)9-17-13-8-11(14)6-7-15-13/h2-8H,9H2,1H3,(H2,14,15). The molecule has 1 aromatic carbocycles. The molecule has 0 spiro atoms. The molecule has 0 unspecified atom stereocenters. The highest BCUT2D eigenvalue weighted by Crippen LogP contribution is 2.15. The zero-order chi connectivity index (χ0) is 12.1. The zero-order valence-electron chi connectivity index (χ0n) is 9.59. The molecule has 0 saturated carbocycles. The minimum atomic E-state index is 0.459. The lowest BCUT2D eigenvalue weighted by molar-refractivity contribution is 0.294. The van der Waals surface area contributed by atoms with Crippen molar-refractivity contribution in [1.29, 1.82) is 0 Å². The summed E-state index contributed by atoms with van der Waals surface area (Å²) in [5.41, 5.74) is 7.32. The number of rotatable bonds is 4. The predicted molar refractivity (Wildman–Crippen MR) is 66.0 cm³/mol. The summed E-state index contributed by atoms with van der Waals surface area (Å²) >= 11 is 0. The number of hydrogen-bond donors (Lipinski definition) is 1. The van der Waals surface area contributed by atoms with Crippen molar-refractivity contribution in [3.8, 4) is 11.6 Å². The summed E-state index contributed by atoms with van der Waals surface area (Å²) in [5.74, 6) is 1.36. The first-order valence-electron chi connectivity index (χ1n) is 5.25. The summed E-state index contributed by atoms with van der Waals surface area (Å²) in [5, 5.41) is 0. The van der Waals surface area contributed by atoms with Crippen molar-refractivity contribution in [3.05, 3.63) is 48.2 Å². The molecule has 88 valence electrons. The Labute approximate surface area is 100 Å². The van der Waals surface area contributed by atoms with Gasteiger partial charge >= 0.3 is 0 Å². The maximum absolute atomic E-state index is 5.63. The molecule has 0 saturated heterocycles. The van der Waals surface area contributed by atoms with Crippen molar-refractivity contribution >= 4 is 5.69 Å². The van der Waals surface area contributed by atoms with Crippen LogP contribution in [-0.4, -0.2) is 12.1 Å². The molecular weight excluding hydrogens is 216 g/mol. The summed E-state index contributed by atoms with van der Waals surface area (Å²) in [6.45, 7) is 0.459. The van der Waals surface area contributed by atoms with Crippen molar-refractivity contribution in [1.82, 2.24) is 4.98 Å². The van der Waals surface area contributed by atoms with Crippen LogP contribution >= 0.6 is 0 Å². The molecule has 0 atom stereocenters. The third kappa shape index (κ3) is 3.11. The predicted octanol–water partition coefficient (Wildman–Crippen LogP) is 2.25. The Bertz CT molecular complexity index is 483. The first-order valence-corrected chi connectivity index (χ1v) is 5.25. The van der Waals surface area contributed by atoms with Gasteiger partial charge in [-0.3, -0.25) is 0 Å². The number of nitrogen functional groups attached to an aromatic ring is 1. The summed E-state index contributed by atoms with van der Waals surface area (Å²) in [4.78, 5) is 4.06. The van der Waals surface area contributed by atoms with Gasteiger partial charge in [0.25, 0.3) is 0 Å². The van der Waals surface area contributed by atoms with Crippen LogP contribution in [0.5, 0.6) is 11.6 Å². The molecule has 0 aliphatic rings. The van der Waals surface area contributed by atoms with Crippen LogP contribution in [0.3, 0.4) is 0 Å². The molecule has 0 amide bonds. The summed E-state index contributed by atoms with van der Waals surface area (Å²) in [6, 6.07) is 11.1. The maximum Gasteiger partial charge on any atom is 0.215 e. The third-order valence-corrected chi connectivity index (χ3v) is 2.30. The quantitative estimate of drug-likeness (QED) is 0.875. The Balaban J connectivity index is 1.97. The number of methoxy groups -OCH3 is 1. The van der Waals surface area contributed by atoms with Gasteiger partial charge in [0.05, 0.1) is 7.11 Å². The molecule has 4 nitrogen and oxygen atoms in total. The largest absolute Gasteiger partial charge is 0.497 e. The molecule has 17 heavy (non-hydrogen) atoms. The van der Waals surface area contributed by atoms with Gasteiger partial charge in [-0.1, -0.05) is 12.1 Å². The first-order chi connectivity index (χ1) is 8.28. The van der Waals surface area contributed by atoms with Gasteiger partial charge in [-0.05, 0) is 23.8 Å². The van der Waals surface area contributed by atoms with E-state index < -0.39 is 0 Å². The van der Waals surface area contributed by atoms with Gasteiger partial charge in [-0.25, -0.2) is 4.98 Å². The molecule has 1 aromatic heterocycles. The molecule has 4 heteroatoms. The SMILES string of the molecule is COc1ccc(COc2cc(N)ccn2)cc1. The monoisotopic (exact) mass is 230 g/mol. The van der Waals surface area contributed by atoms with E-state index in [9.17, 15) is 0 Å². The van der Waals surface area contributed by atoms with Gasteiger partial charge in [0.15, 0.2) is 0 Å². The Morgan fingerprint density at radius 2 is 1.94 bits per heavy atom. The second kappa shape index (κ2) is 5.21. The second-order valence-electron chi connectivity index (χ2n) is 3.56. The van der Waals surface area contributed by atoms with Gasteiger partial charge < -0.3 is 15.2 Å². The van der Waals surface area contributed by atoms with Gasteiger partial charge in [0, 0.05) is 18.0 Å². The van der Waals surface area contributed by atoms with Crippen molar-refractivity contribution in [3.63, 3.8) is 0 Å². The number of benzene rings is 1. The van der Waals surface area contributed by atoms with E-state index in [0.29, 0.717) is 18.2 Å². The lowest BCUT2D eigenvalue weighted by atomic mass is 10.2. The van der Waals surface area contributed by atoms with Crippen molar-refractivity contribution in [2.45, 2.75) is 6.61 Å². The smallest absolute Gasteiger partial charge is 0.215 e. The van der Waals surface area contributed by atoms with E-state index >= 15 is 0 Å². The van der Waals surface area contributed by atoms with E-state index in [1.165, 1.54) is 0 Å². The van der Waals surface area contributed by atoms with E-state index in [4.69, 9.17) is 15.2 Å². The van der Waals surface area contributed by atoms with Crippen LogP contribution in [0.25, 0.3) is 0 Å². The molecule has 0 radical (unpaired) electrons. The second-order valence-corrected chi connectivity index (χ2v) is 3.56. The van der Waals surface area contributed by atoms with E-state index in [1.54, 1.807) is 25.4 Å². The van der Waals surface area contributed by atoms with Crippen LogP contribution in [0, 0.1) is 0 Å². The molecule has 0 aliphatic carbocycles. The van der Waals surface area contributed by atoms with Crippen LogP contribution < -0.4 is 15.2 Å². The van der Waals surface area contributed by atoms with Crippen molar-refractivity contribution in [2.24, 2.45) is 0 Å². The Hall–Kier alpha value is -2.23. The average molecular weight is 230 g/mol. The molecule has 1 heterocycles. The topological polar surface area (TPSA) is 57.4 Å². The summed E-state index contributed by atoms with van der Waals surface area (Å²) in [6.07, 6.45) is 1.62. The molecule has 0 bridgehead atoms. The molecule has 2 aromatic rings. The Morgan fingerprint density at radius 1 is 1.18 bits per heavy atom. The Kier molecular flexibility index (Phi) is 3.45. The highest BCUT2D eigenvalue weighted by molar-refractivity contribution is 5.39. The average Bonchev–Trinajstić information content (AvgIpc) is 2.37. The van der Waals surface area contributed by atoms with Crippen LogP contribution in [0.15, 0.2) is 42.6 Å². The highest BCUT2D eigenvalue weighted by atomic mass is 16.5. The first kappa shape index (κ1) is 11.3. The fourth-order valence-corrected chi connectivity index (χ4v) is 1.38. The van der Waals surface area contributed by atoms with Crippen LogP contribution in [-0.2, 0) is 6.61 Å². The minimum Gasteiger partial charge on any atom is -0.497 e. The fraction of sp³-hybridized carbons (Fsp3) is 0.154. The van der Waals surface area contributed by atoms with Crippen LogP contribution in [0.1, 0.15) is 5.56 Å². The number of hydrogen-bond acceptors (Lipinski definition) is 4. The van der Waals surface area contributed by atoms with Gasteiger partial charge in [0.2, 0.25) is 5.88 Å². The van der Waals surface area contributed by atoms with Gasteiger partial charge in [0.1, 0.15) is 12.4 Å². The Morgan fingerprint density at radius 3 is 2.59 bits per heavy atom. The number of pyridine rings is 1. The lowest BCUT2D eigenvalue weighted by Gasteiger charge is -2.06.